The molecule has 170 valence electrons. The molecule has 9 heteroatoms. The van der Waals surface area contributed by atoms with Crippen molar-refractivity contribution in [3.8, 4) is 11.3 Å². The van der Waals surface area contributed by atoms with Gasteiger partial charge in [-0.3, -0.25) is 9.59 Å². The lowest BCUT2D eigenvalue weighted by atomic mass is 10.2. The van der Waals surface area contributed by atoms with Gasteiger partial charge in [0.05, 0.1) is 11.2 Å². The molecule has 0 atom stereocenters. The van der Waals surface area contributed by atoms with Crippen molar-refractivity contribution in [2.24, 2.45) is 5.10 Å². The number of carbonyl (C=O) groups is 2. The van der Waals surface area contributed by atoms with Crippen molar-refractivity contribution < 1.29 is 14.0 Å². The number of hydrogen-bond donors (Lipinski definition) is 2. The van der Waals surface area contributed by atoms with Crippen LogP contribution in [0, 0.1) is 0 Å². The fourth-order valence-electron chi connectivity index (χ4n) is 2.93. The first-order valence-electron chi connectivity index (χ1n) is 10.00. The lowest BCUT2D eigenvalue weighted by Gasteiger charge is -2.08. The van der Waals surface area contributed by atoms with E-state index in [2.05, 4.69) is 15.8 Å². The van der Waals surface area contributed by atoms with Gasteiger partial charge in [-0.1, -0.05) is 47.5 Å². The van der Waals surface area contributed by atoms with Crippen LogP contribution in [0.3, 0.4) is 0 Å². The van der Waals surface area contributed by atoms with E-state index in [0.717, 1.165) is 4.88 Å². The van der Waals surface area contributed by atoms with Crippen LogP contribution < -0.4 is 10.7 Å². The second-order valence-electron chi connectivity index (χ2n) is 6.92. The molecule has 2 aromatic heterocycles. The first kappa shape index (κ1) is 23.5. The normalized spacial score (nSPS) is 11.5. The molecule has 0 bridgehead atoms. The number of thiophene rings is 1. The number of halogens is 2. The Kier molecular flexibility index (Phi) is 7.59. The van der Waals surface area contributed by atoms with Crippen LogP contribution in [-0.4, -0.2) is 18.0 Å². The summed E-state index contributed by atoms with van der Waals surface area (Å²) < 4.78 is 5.73. The van der Waals surface area contributed by atoms with Crippen LogP contribution in [0.1, 0.15) is 21.0 Å². The number of nitrogens with one attached hydrogen (secondary N) is 2. The molecule has 34 heavy (non-hydrogen) atoms. The minimum atomic E-state index is -0.582. The summed E-state index contributed by atoms with van der Waals surface area (Å²) in [5.41, 5.74) is 3.58. The van der Waals surface area contributed by atoms with E-state index in [1.165, 1.54) is 17.6 Å². The third-order valence-electron chi connectivity index (χ3n) is 4.54. The van der Waals surface area contributed by atoms with Gasteiger partial charge in [-0.15, -0.1) is 11.3 Å². The summed E-state index contributed by atoms with van der Waals surface area (Å²) in [6.45, 7) is 0. The highest BCUT2D eigenvalue weighted by Crippen LogP contribution is 2.31. The van der Waals surface area contributed by atoms with Crippen molar-refractivity contribution in [3.05, 3.63) is 110 Å². The molecule has 0 radical (unpaired) electrons. The quantitative estimate of drug-likeness (QED) is 0.176. The Morgan fingerprint density at radius 2 is 1.79 bits per heavy atom. The van der Waals surface area contributed by atoms with Crippen LogP contribution in [0.5, 0.6) is 0 Å². The first-order chi connectivity index (χ1) is 16.5. The zero-order valence-electron chi connectivity index (χ0n) is 17.5. The molecule has 0 aliphatic heterocycles. The van der Waals surface area contributed by atoms with E-state index in [1.807, 2.05) is 23.6 Å². The predicted molar refractivity (Wildman–Crippen MR) is 136 cm³/mol. The zero-order valence-corrected chi connectivity index (χ0v) is 19.8. The van der Waals surface area contributed by atoms with E-state index >= 15 is 0 Å². The van der Waals surface area contributed by atoms with Gasteiger partial charge in [-0.25, -0.2) is 5.43 Å². The van der Waals surface area contributed by atoms with E-state index in [1.54, 1.807) is 60.7 Å². The second kappa shape index (κ2) is 11.0. The fourth-order valence-corrected chi connectivity index (χ4v) is 4.09. The highest BCUT2D eigenvalue weighted by molar-refractivity contribution is 7.10. The Morgan fingerprint density at radius 3 is 2.53 bits per heavy atom. The topological polar surface area (TPSA) is 83.7 Å². The van der Waals surface area contributed by atoms with E-state index in [4.69, 9.17) is 27.6 Å². The summed E-state index contributed by atoms with van der Waals surface area (Å²) >= 11 is 13.6. The molecule has 0 unspecified atom stereocenters. The smallest absolute Gasteiger partial charge is 0.287 e. The van der Waals surface area contributed by atoms with Crippen LogP contribution in [-0.2, 0) is 4.79 Å². The third kappa shape index (κ3) is 6.02. The maximum absolute atomic E-state index is 12.8. The molecule has 0 spiro atoms. The van der Waals surface area contributed by atoms with Crippen LogP contribution in [0.4, 0.5) is 0 Å². The molecule has 0 fully saturated rings. The number of carbonyl (C=O) groups excluding carboxylic acids is 2. The Bertz CT molecular complexity index is 1360. The van der Waals surface area contributed by atoms with Crippen molar-refractivity contribution >= 4 is 58.6 Å². The summed E-state index contributed by atoms with van der Waals surface area (Å²) in [4.78, 5) is 26.1. The highest BCUT2D eigenvalue weighted by atomic mass is 35.5. The number of rotatable bonds is 7. The summed E-state index contributed by atoms with van der Waals surface area (Å²) in [7, 11) is 0. The van der Waals surface area contributed by atoms with E-state index in [9.17, 15) is 9.59 Å². The largest absolute Gasteiger partial charge is 0.455 e. The van der Waals surface area contributed by atoms with E-state index < -0.39 is 11.8 Å². The molecule has 0 aliphatic carbocycles. The van der Waals surface area contributed by atoms with Crippen molar-refractivity contribution in [2.45, 2.75) is 0 Å². The van der Waals surface area contributed by atoms with Crippen LogP contribution in [0.2, 0.25) is 10.0 Å². The van der Waals surface area contributed by atoms with Gasteiger partial charge >= 0.3 is 0 Å². The minimum Gasteiger partial charge on any atom is -0.455 e. The number of amides is 2. The molecule has 0 saturated heterocycles. The number of furan rings is 1. The van der Waals surface area contributed by atoms with Crippen molar-refractivity contribution in [3.63, 3.8) is 0 Å². The summed E-state index contributed by atoms with van der Waals surface area (Å²) in [5, 5.41) is 9.46. The highest BCUT2D eigenvalue weighted by Gasteiger charge is 2.15. The average molecular weight is 510 g/mol. The fraction of sp³-hybridized carbons (Fsp3) is 0. The molecule has 4 aromatic rings. The average Bonchev–Trinajstić information content (AvgIpc) is 3.51. The van der Waals surface area contributed by atoms with Gasteiger partial charge in [-0.05, 0) is 60.0 Å². The molecular formula is C25H17Cl2N3O3S. The van der Waals surface area contributed by atoms with Crippen LogP contribution in [0.25, 0.3) is 17.4 Å². The molecule has 2 aromatic carbocycles. The van der Waals surface area contributed by atoms with E-state index in [0.29, 0.717) is 32.7 Å². The summed E-state index contributed by atoms with van der Waals surface area (Å²) in [6.07, 6.45) is 2.94. The summed E-state index contributed by atoms with van der Waals surface area (Å²) in [5.74, 6) is -0.0548. The van der Waals surface area contributed by atoms with Crippen LogP contribution >= 0.6 is 34.5 Å². The van der Waals surface area contributed by atoms with Crippen LogP contribution in [0.15, 0.2) is 93.4 Å². The maximum atomic E-state index is 12.8. The van der Waals surface area contributed by atoms with Gasteiger partial charge in [0.25, 0.3) is 11.8 Å². The van der Waals surface area contributed by atoms with Gasteiger partial charge in [0.1, 0.15) is 17.2 Å². The standard InChI is InChI=1S/C25H17Cl2N3O3S/c26-17-8-10-20(21(27)13-17)23-11-9-18(33-23)15-28-30-25(32)22(14-19-7-4-12-34-19)29-24(31)16-5-2-1-3-6-16/h1-15H,(H,29,31)(H,30,32)/b22-14-,28-15+. The lowest BCUT2D eigenvalue weighted by Crippen LogP contribution is -2.32. The van der Waals surface area contributed by atoms with Crippen molar-refractivity contribution in [1.82, 2.24) is 10.7 Å². The number of benzene rings is 2. The van der Waals surface area contributed by atoms with Crippen molar-refractivity contribution in [1.29, 1.82) is 0 Å². The molecule has 0 aliphatic rings. The Hall–Kier alpha value is -3.65. The van der Waals surface area contributed by atoms with Gasteiger partial charge in [0.15, 0.2) is 0 Å². The van der Waals surface area contributed by atoms with E-state index in [-0.39, 0.29) is 5.70 Å². The minimum absolute atomic E-state index is 0.0570. The van der Waals surface area contributed by atoms with Gasteiger partial charge < -0.3 is 9.73 Å². The lowest BCUT2D eigenvalue weighted by molar-refractivity contribution is -0.117. The number of hydrazone groups is 1. The molecule has 0 saturated carbocycles. The monoisotopic (exact) mass is 509 g/mol. The molecular weight excluding hydrogens is 493 g/mol. The molecule has 2 N–H and O–H groups in total. The van der Waals surface area contributed by atoms with Gasteiger partial charge in [0, 0.05) is 21.0 Å². The first-order valence-corrected chi connectivity index (χ1v) is 11.6. The summed E-state index contributed by atoms with van der Waals surface area (Å²) in [6, 6.07) is 20.8. The van der Waals surface area contributed by atoms with Gasteiger partial charge in [-0.2, -0.15) is 5.10 Å². The Morgan fingerprint density at radius 1 is 0.971 bits per heavy atom. The Labute approximate surface area is 209 Å². The molecule has 6 nitrogen and oxygen atoms in total. The molecule has 4 rings (SSSR count). The Balaban J connectivity index is 1.46. The molecule has 2 amide bonds. The maximum Gasteiger partial charge on any atom is 0.287 e. The number of hydrogen-bond acceptors (Lipinski definition) is 5. The predicted octanol–water partition coefficient (Wildman–Crippen LogP) is 6.24. The molecule has 2 heterocycles. The number of nitrogens with zero attached hydrogens (tertiary/aromatic N) is 1. The zero-order chi connectivity index (χ0) is 23.9. The third-order valence-corrected chi connectivity index (χ3v) is 5.91. The van der Waals surface area contributed by atoms with Gasteiger partial charge in [0.2, 0.25) is 0 Å². The second-order valence-corrected chi connectivity index (χ2v) is 8.74. The SMILES string of the molecule is O=C(N/N=C/c1ccc(-c2ccc(Cl)cc2Cl)o1)/C(=C/c1cccs1)NC(=O)c1ccccc1. The van der Waals surface area contributed by atoms with Crippen molar-refractivity contribution in [2.75, 3.05) is 0 Å².